The van der Waals surface area contributed by atoms with Gasteiger partial charge in [-0.15, -0.1) is 0 Å². The van der Waals surface area contributed by atoms with Crippen molar-refractivity contribution in [3.8, 4) is 0 Å². The molecule has 0 bridgehead atoms. The molecule has 0 aliphatic rings. The molecule has 0 aliphatic heterocycles. The first-order chi connectivity index (χ1) is 7.30. The van der Waals surface area contributed by atoms with Crippen LogP contribution in [0.25, 0.3) is 0 Å². The van der Waals surface area contributed by atoms with Crippen LogP contribution in [-0.2, 0) is 16.4 Å². The molecule has 0 aliphatic carbocycles. The number of sulfone groups is 1. The molecule has 1 N–H and O–H groups in total. The van der Waals surface area contributed by atoms with Gasteiger partial charge in [-0.2, -0.15) is 5.10 Å². The average Bonchev–Trinajstić information content (AvgIpc) is 2.65. The highest BCUT2D eigenvalue weighted by Gasteiger charge is 2.23. The summed E-state index contributed by atoms with van der Waals surface area (Å²) in [6.45, 7) is 4.10. The molecule has 1 heterocycles. The van der Waals surface area contributed by atoms with E-state index in [-0.39, 0.29) is 4.90 Å². The molecule has 0 radical (unpaired) electrons. The van der Waals surface area contributed by atoms with Gasteiger partial charge in [-0.1, -0.05) is 13.8 Å². The Balaban J connectivity index is 2.88. The van der Waals surface area contributed by atoms with Crippen LogP contribution in [0.4, 0.5) is 0 Å². The summed E-state index contributed by atoms with van der Waals surface area (Å²) in [5.74, 6) is 0. The van der Waals surface area contributed by atoms with Crippen LogP contribution in [0.2, 0.25) is 0 Å². The molecule has 0 saturated carbocycles. The highest BCUT2D eigenvalue weighted by molar-refractivity contribution is 7.90. The molecule has 0 amide bonds. The zero-order valence-electron chi connectivity index (χ0n) is 9.84. The summed E-state index contributed by atoms with van der Waals surface area (Å²) in [6.07, 6.45) is 5.11. The summed E-state index contributed by atoms with van der Waals surface area (Å²) in [5.41, 5.74) is -0.819. The van der Waals surface area contributed by atoms with Gasteiger partial charge in [0, 0.05) is 12.5 Å². The first-order valence-electron chi connectivity index (χ1n) is 5.25. The van der Waals surface area contributed by atoms with E-state index in [4.69, 9.17) is 0 Å². The minimum absolute atomic E-state index is 0.182. The summed E-state index contributed by atoms with van der Waals surface area (Å²) in [4.78, 5) is 0.182. The van der Waals surface area contributed by atoms with Gasteiger partial charge in [0.25, 0.3) is 0 Å². The van der Waals surface area contributed by atoms with Gasteiger partial charge >= 0.3 is 0 Å². The number of nitrogens with zero attached hydrogens (tertiary/aromatic N) is 2. The summed E-state index contributed by atoms with van der Waals surface area (Å²) in [5, 5.41) is 14.0. The summed E-state index contributed by atoms with van der Waals surface area (Å²) >= 11 is 0. The monoisotopic (exact) mass is 246 g/mol. The molecule has 0 unspecified atom stereocenters. The maximum atomic E-state index is 11.2. The number of aromatic nitrogens is 2. The van der Waals surface area contributed by atoms with Crippen LogP contribution >= 0.6 is 0 Å². The molecule has 1 aromatic rings. The van der Waals surface area contributed by atoms with E-state index in [0.29, 0.717) is 19.4 Å². The van der Waals surface area contributed by atoms with Gasteiger partial charge in [0.2, 0.25) is 0 Å². The summed E-state index contributed by atoms with van der Waals surface area (Å²) in [7, 11) is -3.22. The third kappa shape index (κ3) is 3.05. The van der Waals surface area contributed by atoms with Crippen molar-refractivity contribution in [3.05, 3.63) is 12.4 Å². The molecule has 5 nitrogen and oxygen atoms in total. The van der Waals surface area contributed by atoms with Gasteiger partial charge in [-0.25, -0.2) is 8.42 Å². The van der Waals surface area contributed by atoms with Gasteiger partial charge in [-0.3, -0.25) is 4.68 Å². The normalized spacial score (nSPS) is 13.0. The summed E-state index contributed by atoms with van der Waals surface area (Å²) in [6, 6.07) is 0. The lowest BCUT2D eigenvalue weighted by Crippen LogP contribution is -2.32. The Bertz CT molecular complexity index is 446. The standard InChI is InChI=1S/C10H18N2O3S/c1-4-10(13,5-2)8-12-7-9(6-11-12)16(3,14)15/h6-7,13H,4-5,8H2,1-3H3. The lowest BCUT2D eigenvalue weighted by atomic mass is 9.98. The molecule has 0 atom stereocenters. The van der Waals surface area contributed by atoms with Crippen LogP contribution in [0.3, 0.4) is 0 Å². The van der Waals surface area contributed by atoms with E-state index in [2.05, 4.69) is 5.10 Å². The number of rotatable bonds is 5. The predicted molar refractivity (Wildman–Crippen MR) is 60.9 cm³/mol. The Labute approximate surface area is 96.0 Å². The van der Waals surface area contributed by atoms with Gasteiger partial charge in [-0.05, 0) is 12.8 Å². The molecule has 0 saturated heterocycles. The number of hydrogen-bond donors (Lipinski definition) is 1. The molecule has 6 heteroatoms. The van der Waals surface area contributed by atoms with Gasteiger partial charge in [0.15, 0.2) is 9.84 Å². The highest BCUT2D eigenvalue weighted by atomic mass is 32.2. The largest absolute Gasteiger partial charge is 0.388 e. The van der Waals surface area contributed by atoms with Crippen molar-refractivity contribution in [1.29, 1.82) is 0 Å². The third-order valence-electron chi connectivity index (χ3n) is 2.81. The lowest BCUT2D eigenvalue weighted by molar-refractivity contribution is 0.0118. The van der Waals surface area contributed by atoms with E-state index in [1.165, 1.54) is 17.1 Å². The second-order valence-electron chi connectivity index (χ2n) is 4.08. The van der Waals surface area contributed by atoms with Crippen molar-refractivity contribution in [3.63, 3.8) is 0 Å². The third-order valence-corrected chi connectivity index (χ3v) is 3.88. The van der Waals surface area contributed by atoms with E-state index in [1.807, 2.05) is 13.8 Å². The second kappa shape index (κ2) is 4.55. The van der Waals surface area contributed by atoms with Crippen LogP contribution in [0.1, 0.15) is 26.7 Å². The quantitative estimate of drug-likeness (QED) is 0.835. The Morgan fingerprint density at radius 1 is 1.44 bits per heavy atom. The Morgan fingerprint density at radius 2 is 2.00 bits per heavy atom. The van der Waals surface area contributed by atoms with Crippen molar-refractivity contribution in [2.24, 2.45) is 0 Å². The SMILES string of the molecule is CCC(O)(CC)Cn1cc(S(C)(=O)=O)cn1. The Hall–Kier alpha value is -0.880. The van der Waals surface area contributed by atoms with E-state index in [0.717, 1.165) is 6.26 Å². The van der Waals surface area contributed by atoms with Crippen molar-refractivity contribution < 1.29 is 13.5 Å². The molecule has 0 spiro atoms. The van der Waals surface area contributed by atoms with Crippen molar-refractivity contribution in [1.82, 2.24) is 9.78 Å². The topological polar surface area (TPSA) is 72.2 Å². The first-order valence-corrected chi connectivity index (χ1v) is 7.15. The Morgan fingerprint density at radius 3 is 2.38 bits per heavy atom. The molecule has 0 fully saturated rings. The lowest BCUT2D eigenvalue weighted by Gasteiger charge is -2.24. The maximum Gasteiger partial charge on any atom is 0.178 e. The van der Waals surface area contributed by atoms with E-state index in [1.54, 1.807) is 0 Å². The van der Waals surface area contributed by atoms with E-state index < -0.39 is 15.4 Å². The molecule has 16 heavy (non-hydrogen) atoms. The minimum atomic E-state index is -3.22. The molecular weight excluding hydrogens is 228 g/mol. The molecular formula is C10H18N2O3S. The molecule has 1 rings (SSSR count). The van der Waals surface area contributed by atoms with Crippen LogP contribution in [0.15, 0.2) is 17.3 Å². The van der Waals surface area contributed by atoms with Crippen molar-refractivity contribution in [2.75, 3.05) is 6.26 Å². The van der Waals surface area contributed by atoms with Crippen LogP contribution in [0, 0.1) is 0 Å². The smallest absolute Gasteiger partial charge is 0.178 e. The van der Waals surface area contributed by atoms with Crippen LogP contribution in [0.5, 0.6) is 0 Å². The maximum absolute atomic E-state index is 11.2. The average molecular weight is 246 g/mol. The zero-order chi connectivity index (χ0) is 12.4. The zero-order valence-corrected chi connectivity index (χ0v) is 10.7. The Kier molecular flexibility index (Phi) is 3.75. The predicted octanol–water partition coefficient (Wildman–Crippen LogP) is 0.838. The summed E-state index contributed by atoms with van der Waals surface area (Å²) < 4.78 is 23.9. The van der Waals surface area contributed by atoms with Crippen molar-refractivity contribution in [2.45, 2.75) is 43.7 Å². The van der Waals surface area contributed by atoms with Crippen molar-refractivity contribution >= 4 is 9.84 Å². The van der Waals surface area contributed by atoms with Gasteiger partial charge in [0.1, 0.15) is 4.90 Å². The fourth-order valence-electron chi connectivity index (χ4n) is 1.40. The minimum Gasteiger partial charge on any atom is -0.388 e. The van der Waals surface area contributed by atoms with Crippen LogP contribution in [-0.4, -0.2) is 35.2 Å². The number of aliphatic hydroxyl groups is 1. The van der Waals surface area contributed by atoms with Gasteiger partial charge in [0.05, 0.1) is 18.3 Å². The molecule has 0 aromatic carbocycles. The highest BCUT2D eigenvalue weighted by Crippen LogP contribution is 2.17. The van der Waals surface area contributed by atoms with Gasteiger partial charge < -0.3 is 5.11 Å². The molecule has 1 aromatic heterocycles. The van der Waals surface area contributed by atoms with Crippen LogP contribution < -0.4 is 0 Å². The van der Waals surface area contributed by atoms with E-state index >= 15 is 0 Å². The fraction of sp³-hybridized carbons (Fsp3) is 0.700. The van der Waals surface area contributed by atoms with E-state index in [9.17, 15) is 13.5 Å². The first kappa shape index (κ1) is 13.2. The molecule has 92 valence electrons. The number of hydrogen-bond acceptors (Lipinski definition) is 4. The second-order valence-corrected chi connectivity index (χ2v) is 6.09. The fourth-order valence-corrected chi connectivity index (χ4v) is 1.95.